The molecule has 0 radical (unpaired) electrons. The van der Waals surface area contributed by atoms with Crippen molar-refractivity contribution < 1.29 is 4.79 Å². The number of halogens is 1. The number of carbonyl (C=O) groups excluding carboxylic acids is 1. The first-order valence-electron chi connectivity index (χ1n) is 4.47. The van der Waals surface area contributed by atoms with Crippen LogP contribution in [0.3, 0.4) is 0 Å². The maximum absolute atomic E-state index is 11.1. The van der Waals surface area contributed by atoms with Gasteiger partial charge in [-0.25, -0.2) is 0 Å². The Morgan fingerprint density at radius 3 is 2.77 bits per heavy atom. The summed E-state index contributed by atoms with van der Waals surface area (Å²) >= 11 is 5.53. The highest BCUT2D eigenvalue weighted by atomic mass is 35.5. The van der Waals surface area contributed by atoms with Crippen LogP contribution in [0.1, 0.15) is 24.0 Å². The Labute approximate surface area is 82.7 Å². The summed E-state index contributed by atoms with van der Waals surface area (Å²) < 4.78 is 0. The van der Waals surface area contributed by atoms with Gasteiger partial charge in [0.2, 0.25) is 5.24 Å². The molecule has 2 unspecified atom stereocenters. The summed E-state index contributed by atoms with van der Waals surface area (Å²) in [5.74, 6) is 0.264. The van der Waals surface area contributed by atoms with Gasteiger partial charge in [-0.05, 0) is 35.1 Å². The highest BCUT2D eigenvalue weighted by Crippen LogP contribution is 2.38. The van der Waals surface area contributed by atoms with Crippen LogP contribution in [0.5, 0.6) is 0 Å². The van der Waals surface area contributed by atoms with E-state index in [4.69, 9.17) is 11.6 Å². The summed E-state index contributed by atoms with van der Waals surface area (Å²) in [6.45, 7) is 2.07. The summed E-state index contributed by atoms with van der Waals surface area (Å²) in [5.41, 5.74) is 2.55. The molecule has 2 heteroatoms. The fraction of sp³-hybridized carbons (Fsp3) is 0.364. The summed E-state index contributed by atoms with van der Waals surface area (Å²) in [5, 5.41) is -0.205. The topological polar surface area (TPSA) is 17.1 Å². The Kier molecular flexibility index (Phi) is 2.12. The summed E-state index contributed by atoms with van der Waals surface area (Å²) in [6, 6.07) is 8.18. The van der Waals surface area contributed by atoms with E-state index < -0.39 is 0 Å². The van der Waals surface area contributed by atoms with Crippen molar-refractivity contribution >= 4 is 16.8 Å². The van der Waals surface area contributed by atoms with Gasteiger partial charge >= 0.3 is 0 Å². The van der Waals surface area contributed by atoms with Crippen LogP contribution in [0.2, 0.25) is 0 Å². The van der Waals surface area contributed by atoms with Crippen LogP contribution in [0.15, 0.2) is 24.3 Å². The van der Waals surface area contributed by atoms with Gasteiger partial charge in [-0.15, -0.1) is 0 Å². The molecule has 0 heterocycles. The molecule has 0 amide bonds. The Morgan fingerprint density at radius 2 is 2.15 bits per heavy atom. The lowest BCUT2D eigenvalue weighted by atomic mass is 9.96. The van der Waals surface area contributed by atoms with E-state index in [1.807, 2.05) is 12.1 Å². The van der Waals surface area contributed by atoms with Crippen molar-refractivity contribution in [1.29, 1.82) is 0 Å². The van der Waals surface area contributed by atoms with Crippen molar-refractivity contribution in [2.75, 3.05) is 0 Å². The molecule has 13 heavy (non-hydrogen) atoms. The second-order valence-corrected chi connectivity index (χ2v) is 3.97. The molecule has 68 valence electrons. The number of benzene rings is 1. The van der Waals surface area contributed by atoms with E-state index in [1.165, 1.54) is 11.1 Å². The van der Waals surface area contributed by atoms with Crippen molar-refractivity contribution in [3.05, 3.63) is 35.4 Å². The molecule has 1 nitrogen and oxygen atoms in total. The third-order valence-electron chi connectivity index (χ3n) is 2.88. The average Bonchev–Trinajstić information content (AvgIpc) is 2.45. The molecule has 0 aromatic heterocycles. The predicted molar refractivity (Wildman–Crippen MR) is 52.9 cm³/mol. The van der Waals surface area contributed by atoms with Gasteiger partial charge < -0.3 is 0 Å². The minimum absolute atomic E-state index is 0.0148. The van der Waals surface area contributed by atoms with Gasteiger partial charge in [-0.1, -0.05) is 31.2 Å². The number of hydrogen-bond donors (Lipinski definition) is 0. The van der Waals surface area contributed by atoms with Gasteiger partial charge in [-0.2, -0.15) is 0 Å². The highest BCUT2D eigenvalue weighted by molar-refractivity contribution is 6.64. The van der Waals surface area contributed by atoms with Crippen molar-refractivity contribution in [3.8, 4) is 0 Å². The number of carbonyl (C=O) groups is 1. The van der Waals surface area contributed by atoms with E-state index in [0.29, 0.717) is 0 Å². The van der Waals surface area contributed by atoms with E-state index in [1.54, 1.807) is 0 Å². The van der Waals surface area contributed by atoms with E-state index in [2.05, 4.69) is 19.1 Å². The normalized spacial score (nSPS) is 25.7. The first-order valence-corrected chi connectivity index (χ1v) is 4.85. The second-order valence-electron chi connectivity index (χ2n) is 3.60. The third kappa shape index (κ3) is 1.37. The van der Waals surface area contributed by atoms with Crippen molar-refractivity contribution in [3.63, 3.8) is 0 Å². The lowest BCUT2D eigenvalue weighted by Gasteiger charge is -2.09. The van der Waals surface area contributed by atoms with Gasteiger partial charge in [0.05, 0.1) is 0 Å². The SMILES string of the molecule is CC1c2ccccc2CC1C(=O)Cl. The lowest BCUT2D eigenvalue weighted by molar-refractivity contribution is -0.115. The molecule has 0 bridgehead atoms. The monoisotopic (exact) mass is 194 g/mol. The largest absolute Gasteiger partial charge is 0.281 e. The van der Waals surface area contributed by atoms with Crippen molar-refractivity contribution in [2.24, 2.45) is 5.92 Å². The van der Waals surface area contributed by atoms with Crippen LogP contribution in [0.4, 0.5) is 0 Å². The fourth-order valence-electron chi connectivity index (χ4n) is 2.07. The molecule has 1 aromatic rings. The maximum atomic E-state index is 11.1. The Morgan fingerprint density at radius 1 is 1.46 bits per heavy atom. The van der Waals surface area contributed by atoms with Crippen molar-refractivity contribution in [1.82, 2.24) is 0 Å². The number of hydrogen-bond acceptors (Lipinski definition) is 1. The third-order valence-corrected chi connectivity index (χ3v) is 3.16. The molecule has 0 spiro atoms. The molecule has 0 saturated heterocycles. The minimum atomic E-state index is -0.205. The van der Waals surface area contributed by atoms with Crippen LogP contribution in [-0.4, -0.2) is 5.24 Å². The van der Waals surface area contributed by atoms with Crippen LogP contribution in [-0.2, 0) is 11.2 Å². The second kappa shape index (κ2) is 3.15. The van der Waals surface area contributed by atoms with Gasteiger partial charge in [0.15, 0.2) is 0 Å². The molecular formula is C11H11ClO. The van der Waals surface area contributed by atoms with Crippen LogP contribution in [0.25, 0.3) is 0 Å². The Balaban J connectivity index is 2.38. The minimum Gasteiger partial charge on any atom is -0.281 e. The standard InChI is InChI=1S/C11H11ClO/c1-7-9-5-3-2-4-8(9)6-10(7)11(12)13/h2-5,7,10H,6H2,1H3. The Hall–Kier alpha value is -0.820. The number of fused-ring (bicyclic) bond motifs is 1. The Bertz CT molecular complexity index is 346. The molecule has 0 fully saturated rings. The number of rotatable bonds is 1. The van der Waals surface area contributed by atoms with E-state index in [0.717, 1.165) is 6.42 Å². The summed E-state index contributed by atoms with van der Waals surface area (Å²) in [6.07, 6.45) is 0.805. The molecule has 2 atom stereocenters. The van der Waals surface area contributed by atoms with Gasteiger partial charge in [0.25, 0.3) is 0 Å². The van der Waals surface area contributed by atoms with Gasteiger partial charge in [0, 0.05) is 5.92 Å². The van der Waals surface area contributed by atoms with Crippen LogP contribution >= 0.6 is 11.6 Å². The molecule has 1 aromatic carbocycles. The highest BCUT2D eigenvalue weighted by Gasteiger charge is 2.32. The van der Waals surface area contributed by atoms with E-state index in [9.17, 15) is 4.79 Å². The quantitative estimate of drug-likeness (QED) is 0.629. The van der Waals surface area contributed by atoms with Crippen LogP contribution in [0, 0.1) is 5.92 Å². The smallest absolute Gasteiger partial charge is 0.225 e. The summed E-state index contributed by atoms with van der Waals surface area (Å²) in [4.78, 5) is 11.1. The fourth-order valence-corrected chi connectivity index (χ4v) is 2.34. The first-order chi connectivity index (χ1) is 6.20. The van der Waals surface area contributed by atoms with E-state index in [-0.39, 0.29) is 17.1 Å². The predicted octanol–water partition coefficient (Wildman–Crippen LogP) is 2.73. The maximum Gasteiger partial charge on any atom is 0.225 e. The molecule has 1 aliphatic carbocycles. The molecule has 0 saturated carbocycles. The van der Waals surface area contributed by atoms with Crippen molar-refractivity contribution in [2.45, 2.75) is 19.3 Å². The van der Waals surface area contributed by atoms with Gasteiger partial charge in [-0.3, -0.25) is 4.79 Å². The van der Waals surface area contributed by atoms with Crippen LogP contribution < -0.4 is 0 Å². The first kappa shape index (κ1) is 8.76. The lowest BCUT2D eigenvalue weighted by Crippen LogP contribution is -2.11. The molecule has 2 rings (SSSR count). The summed E-state index contributed by atoms with van der Waals surface area (Å²) in [7, 11) is 0. The molecule has 1 aliphatic rings. The molecule has 0 N–H and O–H groups in total. The van der Waals surface area contributed by atoms with Gasteiger partial charge in [0.1, 0.15) is 0 Å². The zero-order chi connectivity index (χ0) is 9.42. The van der Waals surface area contributed by atoms with E-state index >= 15 is 0 Å². The molecule has 0 aliphatic heterocycles. The molecular weight excluding hydrogens is 184 g/mol. The zero-order valence-corrected chi connectivity index (χ0v) is 8.21. The zero-order valence-electron chi connectivity index (χ0n) is 7.46. The average molecular weight is 195 g/mol.